The van der Waals surface area contributed by atoms with Crippen LogP contribution in [0.25, 0.3) is 0 Å². The molecule has 0 saturated heterocycles. The molecule has 0 unspecified atom stereocenters. The van der Waals surface area contributed by atoms with Gasteiger partial charge in [0.15, 0.2) is 0 Å². The number of hydrogen-bond donors (Lipinski definition) is 2. The van der Waals surface area contributed by atoms with Crippen LogP contribution in [0.4, 0.5) is 5.69 Å². The highest BCUT2D eigenvalue weighted by Crippen LogP contribution is 2.16. The third kappa shape index (κ3) is 2.95. The number of nitrogens with two attached hydrogens (primary N) is 1. The fourth-order valence-corrected chi connectivity index (χ4v) is 1.44. The van der Waals surface area contributed by atoms with Gasteiger partial charge in [0.1, 0.15) is 0 Å². The topological polar surface area (TPSA) is 55.1 Å². The van der Waals surface area contributed by atoms with E-state index in [0.29, 0.717) is 0 Å². The zero-order valence-electron chi connectivity index (χ0n) is 8.17. The molecule has 1 aromatic rings. The van der Waals surface area contributed by atoms with Crippen molar-refractivity contribution >= 4 is 34.2 Å². The van der Waals surface area contributed by atoms with Gasteiger partial charge in [-0.05, 0) is 54.1 Å². The Morgan fingerprint density at radius 1 is 1.57 bits per heavy atom. The first-order valence-electron chi connectivity index (χ1n) is 4.33. The normalized spacial score (nSPS) is 12.3. The van der Waals surface area contributed by atoms with Crippen molar-refractivity contribution in [1.29, 1.82) is 0 Å². The van der Waals surface area contributed by atoms with E-state index < -0.39 is 6.04 Å². The van der Waals surface area contributed by atoms with Gasteiger partial charge in [-0.2, -0.15) is 0 Å². The van der Waals surface area contributed by atoms with Crippen LogP contribution in [0.3, 0.4) is 0 Å². The van der Waals surface area contributed by atoms with E-state index in [1.54, 1.807) is 6.92 Å². The predicted octanol–water partition coefficient (Wildman–Crippen LogP) is 1.89. The lowest BCUT2D eigenvalue weighted by Gasteiger charge is -2.08. The monoisotopic (exact) mass is 304 g/mol. The molecule has 0 aliphatic heterocycles. The average Bonchev–Trinajstić information content (AvgIpc) is 2.11. The van der Waals surface area contributed by atoms with E-state index >= 15 is 0 Å². The summed E-state index contributed by atoms with van der Waals surface area (Å²) in [5.74, 6) is -0.162. The van der Waals surface area contributed by atoms with Gasteiger partial charge in [-0.3, -0.25) is 4.79 Å². The molecule has 3 N–H and O–H groups in total. The van der Waals surface area contributed by atoms with Gasteiger partial charge < -0.3 is 11.1 Å². The smallest absolute Gasteiger partial charge is 0.240 e. The van der Waals surface area contributed by atoms with Crippen molar-refractivity contribution in [3.05, 3.63) is 27.3 Å². The van der Waals surface area contributed by atoms with Crippen LogP contribution in [-0.2, 0) is 4.79 Å². The second-order valence-electron chi connectivity index (χ2n) is 3.24. The number of hydrogen-bond acceptors (Lipinski definition) is 2. The molecule has 0 radical (unpaired) electrons. The van der Waals surface area contributed by atoms with Crippen LogP contribution >= 0.6 is 22.6 Å². The van der Waals surface area contributed by atoms with Crippen LogP contribution < -0.4 is 11.1 Å². The van der Waals surface area contributed by atoms with E-state index in [4.69, 9.17) is 5.73 Å². The molecule has 1 rings (SSSR count). The number of anilines is 1. The SMILES string of the molecule is Cc1ccc(NC(=O)[C@H](C)N)cc1I. The summed E-state index contributed by atoms with van der Waals surface area (Å²) in [6.07, 6.45) is 0. The maximum Gasteiger partial charge on any atom is 0.240 e. The highest BCUT2D eigenvalue weighted by molar-refractivity contribution is 14.1. The Balaban J connectivity index is 2.78. The molecule has 0 aliphatic carbocycles. The van der Waals surface area contributed by atoms with Crippen molar-refractivity contribution in [1.82, 2.24) is 0 Å². The van der Waals surface area contributed by atoms with Crippen LogP contribution in [0, 0.1) is 10.5 Å². The number of carbonyl (C=O) groups is 1. The van der Waals surface area contributed by atoms with Gasteiger partial charge in [0, 0.05) is 9.26 Å². The number of rotatable bonds is 2. The Labute approximate surface area is 97.2 Å². The molecule has 14 heavy (non-hydrogen) atoms. The highest BCUT2D eigenvalue weighted by Gasteiger charge is 2.07. The standard InChI is InChI=1S/C10H13IN2O/c1-6-3-4-8(5-9(6)11)13-10(14)7(2)12/h3-5,7H,12H2,1-2H3,(H,13,14)/t7-/m0/s1. The van der Waals surface area contributed by atoms with E-state index in [1.165, 1.54) is 5.56 Å². The summed E-state index contributed by atoms with van der Waals surface area (Å²) in [4.78, 5) is 11.3. The van der Waals surface area contributed by atoms with E-state index in [1.807, 2.05) is 25.1 Å². The number of nitrogens with one attached hydrogen (secondary N) is 1. The lowest BCUT2D eigenvalue weighted by Crippen LogP contribution is -2.32. The van der Waals surface area contributed by atoms with E-state index in [-0.39, 0.29) is 5.91 Å². The quantitative estimate of drug-likeness (QED) is 0.820. The molecule has 1 amide bonds. The molecule has 0 saturated carbocycles. The first-order valence-corrected chi connectivity index (χ1v) is 5.41. The summed E-state index contributed by atoms with van der Waals surface area (Å²) < 4.78 is 1.13. The molecular formula is C10H13IN2O. The Morgan fingerprint density at radius 3 is 2.71 bits per heavy atom. The van der Waals surface area contributed by atoms with Gasteiger partial charge in [0.25, 0.3) is 0 Å². The molecule has 0 aliphatic rings. The Morgan fingerprint density at radius 2 is 2.21 bits per heavy atom. The van der Waals surface area contributed by atoms with Crippen molar-refractivity contribution in [2.45, 2.75) is 19.9 Å². The minimum absolute atomic E-state index is 0.162. The summed E-state index contributed by atoms with van der Waals surface area (Å²) in [5.41, 5.74) is 7.43. The molecule has 0 heterocycles. The van der Waals surface area contributed by atoms with Gasteiger partial charge >= 0.3 is 0 Å². The van der Waals surface area contributed by atoms with Crippen molar-refractivity contribution < 1.29 is 4.79 Å². The summed E-state index contributed by atoms with van der Waals surface area (Å²) in [5, 5.41) is 2.74. The van der Waals surface area contributed by atoms with Crippen molar-refractivity contribution in [3.63, 3.8) is 0 Å². The van der Waals surface area contributed by atoms with E-state index in [9.17, 15) is 4.79 Å². The van der Waals surface area contributed by atoms with Crippen molar-refractivity contribution in [2.24, 2.45) is 5.73 Å². The van der Waals surface area contributed by atoms with E-state index in [2.05, 4.69) is 27.9 Å². The lowest BCUT2D eigenvalue weighted by molar-refractivity contribution is -0.117. The van der Waals surface area contributed by atoms with Crippen LogP contribution in [0.5, 0.6) is 0 Å². The first kappa shape index (κ1) is 11.5. The van der Waals surface area contributed by atoms with E-state index in [0.717, 1.165) is 9.26 Å². The lowest BCUT2D eigenvalue weighted by atomic mass is 10.2. The molecule has 0 bridgehead atoms. The fraction of sp³-hybridized carbons (Fsp3) is 0.300. The van der Waals surface area contributed by atoms with Gasteiger partial charge in [0.05, 0.1) is 6.04 Å². The molecule has 1 atom stereocenters. The number of amides is 1. The Bertz CT molecular complexity index is 350. The minimum Gasteiger partial charge on any atom is -0.325 e. The van der Waals surface area contributed by atoms with Gasteiger partial charge in [-0.25, -0.2) is 0 Å². The van der Waals surface area contributed by atoms with Crippen molar-refractivity contribution in [2.75, 3.05) is 5.32 Å². The molecule has 1 aromatic carbocycles. The third-order valence-electron chi connectivity index (χ3n) is 1.85. The second-order valence-corrected chi connectivity index (χ2v) is 4.40. The molecular weight excluding hydrogens is 291 g/mol. The maximum atomic E-state index is 11.3. The third-order valence-corrected chi connectivity index (χ3v) is 3.02. The summed E-state index contributed by atoms with van der Waals surface area (Å²) >= 11 is 2.23. The summed E-state index contributed by atoms with van der Waals surface area (Å²) in [6, 6.07) is 5.29. The number of carbonyl (C=O) groups excluding carboxylic acids is 1. The molecule has 3 nitrogen and oxygen atoms in total. The first-order chi connectivity index (χ1) is 6.50. The minimum atomic E-state index is -0.478. The maximum absolute atomic E-state index is 11.3. The largest absolute Gasteiger partial charge is 0.325 e. The fourth-order valence-electron chi connectivity index (χ4n) is 0.927. The second kappa shape index (κ2) is 4.75. The number of aryl methyl sites for hydroxylation is 1. The Hall–Kier alpha value is -0.620. The predicted molar refractivity (Wildman–Crippen MR) is 66.2 cm³/mol. The zero-order valence-corrected chi connectivity index (χ0v) is 10.3. The van der Waals surface area contributed by atoms with Crippen LogP contribution in [0.15, 0.2) is 18.2 Å². The van der Waals surface area contributed by atoms with Gasteiger partial charge in [-0.1, -0.05) is 6.07 Å². The van der Waals surface area contributed by atoms with Crippen LogP contribution in [0.2, 0.25) is 0 Å². The average molecular weight is 304 g/mol. The molecule has 76 valence electrons. The molecule has 0 aromatic heterocycles. The summed E-state index contributed by atoms with van der Waals surface area (Å²) in [6.45, 7) is 3.69. The highest BCUT2D eigenvalue weighted by atomic mass is 127. The van der Waals surface area contributed by atoms with Crippen LogP contribution in [0.1, 0.15) is 12.5 Å². The zero-order chi connectivity index (χ0) is 10.7. The molecule has 0 spiro atoms. The molecule has 0 fully saturated rings. The number of halogens is 1. The number of benzene rings is 1. The Kier molecular flexibility index (Phi) is 3.88. The summed E-state index contributed by atoms with van der Waals surface area (Å²) in [7, 11) is 0. The van der Waals surface area contributed by atoms with Gasteiger partial charge in [-0.15, -0.1) is 0 Å². The van der Waals surface area contributed by atoms with Crippen LogP contribution in [-0.4, -0.2) is 11.9 Å². The van der Waals surface area contributed by atoms with Gasteiger partial charge in [0.2, 0.25) is 5.91 Å². The van der Waals surface area contributed by atoms with Crippen molar-refractivity contribution in [3.8, 4) is 0 Å². The molecule has 4 heteroatoms.